The molecule has 98 valence electrons. The van der Waals surface area contributed by atoms with Crippen LogP contribution >= 0.6 is 0 Å². The van der Waals surface area contributed by atoms with Gasteiger partial charge in [0.15, 0.2) is 12.0 Å². The van der Waals surface area contributed by atoms with E-state index in [1.165, 1.54) is 7.11 Å². The lowest BCUT2D eigenvalue weighted by Crippen LogP contribution is -2.36. The Bertz CT molecular complexity index is 429. The Hall–Kier alpha value is -1.82. The third-order valence-electron chi connectivity index (χ3n) is 2.96. The second-order valence-corrected chi connectivity index (χ2v) is 4.28. The van der Waals surface area contributed by atoms with Crippen LogP contribution in [0, 0.1) is 0 Å². The van der Waals surface area contributed by atoms with Crippen molar-refractivity contribution in [3.8, 4) is 0 Å². The van der Waals surface area contributed by atoms with Crippen LogP contribution in [0.4, 0.5) is 4.79 Å². The van der Waals surface area contributed by atoms with Crippen LogP contribution < -0.4 is 5.32 Å². The summed E-state index contributed by atoms with van der Waals surface area (Å²) in [6, 6.07) is 3.56. The quantitative estimate of drug-likeness (QED) is 0.810. The first kappa shape index (κ1) is 12.6. The number of aldehydes is 1. The summed E-state index contributed by atoms with van der Waals surface area (Å²) < 4.78 is 9.87. The maximum Gasteiger partial charge on any atom is 0.407 e. The number of likely N-dealkylation sites (tertiary alicyclic amines) is 1. The topological polar surface area (TPSA) is 71.8 Å². The van der Waals surface area contributed by atoms with E-state index in [1.807, 2.05) is 0 Å². The van der Waals surface area contributed by atoms with Crippen molar-refractivity contribution in [1.82, 2.24) is 10.2 Å². The molecule has 18 heavy (non-hydrogen) atoms. The van der Waals surface area contributed by atoms with Gasteiger partial charge in [-0.25, -0.2) is 4.79 Å². The fraction of sp³-hybridized carbons (Fsp3) is 0.500. The Morgan fingerprint density at radius 1 is 1.67 bits per heavy atom. The maximum absolute atomic E-state index is 11.1. The van der Waals surface area contributed by atoms with Crippen LogP contribution in [0.2, 0.25) is 0 Å². The van der Waals surface area contributed by atoms with Crippen molar-refractivity contribution < 1.29 is 18.7 Å². The Morgan fingerprint density at radius 2 is 2.50 bits per heavy atom. The minimum atomic E-state index is -0.400. The summed E-state index contributed by atoms with van der Waals surface area (Å²) in [5.41, 5.74) is 0. The summed E-state index contributed by atoms with van der Waals surface area (Å²) in [6.07, 6.45) is 1.17. The zero-order chi connectivity index (χ0) is 13.0. The van der Waals surface area contributed by atoms with E-state index in [2.05, 4.69) is 15.0 Å². The van der Waals surface area contributed by atoms with E-state index in [4.69, 9.17) is 4.42 Å². The monoisotopic (exact) mass is 252 g/mol. The van der Waals surface area contributed by atoms with E-state index in [1.54, 1.807) is 12.1 Å². The number of amides is 1. The molecule has 1 fully saturated rings. The van der Waals surface area contributed by atoms with E-state index < -0.39 is 6.09 Å². The number of furan rings is 1. The van der Waals surface area contributed by atoms with Gasteiger partial charge < -0.3 is 14.5 Å². The van der Waals surface area contributed by atoms with Crippen molar-refractivity contribution in [3.05, 3.63) is 23.7 Å². The van der Waals surface area contributed by atoms with Crippen LogP contribution in [-0.4, -0.2) is 43.5 Å². The van der Waals surface area contributed by atoms with Crippen LogP contribution in [0.25, 0.3) is 0 Å². The van der Waals surface area contributed by atoms with Crippen molar-refractivity contribution in [2.45, 2.75) is 19.0 Å². The van der Waals surface area contributed by atoms with Gasteiger partial charge in [-0.15, -0.1) is 0 Å². The molecule has 1 aromatic heterocycles. The van der Waals surface area contributed by atoms with E-state index in [0.29, 0.717) is 18.6 Å². The molecular weight excluding hydrogens is 236 g/mol. The lowest BCUT2D eigenvalue weighted by atomic mass is 10.3. The van der Waals surface area contributed by atoms with Gasteiger partial charge in [0.25, 0.3) is 0 Å². The first-order chi connectivity index (χ1) is 8.71. The molecule has 6 heteroatoms. The fourth-order valence-electron chi connectivity index (χ4n) is 2.08. The number of hydrogen-bond donors (Lipinski definition) is 1. The van der Waals surface area contributed by atoms with Crippen molar-refractivity contribution in [3.63, 3.8) is 0 Å². The number of carbonyl (C=O) groups excluding carboxylic acids is 2. The second-order valence-electron chi connectivity index (χ2n) is 4.28. The highest BCUT2D eigenvalue weighted by Gasteiger charge is 2.24. The molecule has 0 spiro atoms. The van der Waals surface area contributed by atoms with Gasteiger partial charge in [-0.2, -0.15) is 0 Å². The SMILES string of the molecule is COC(=O)NC1CCN(Cc2ccc(C=O)o2)C1. The molecule has 1 saturated heterocycles. The Balaban J connectivity index is 1.82. The van der Waals surface area contributed by atoms with Crippen molar-refractivity contribution in [2.24, 2.45) is 0 Å². The Morgan fingerprint density at radius 3 is 3.17 bits per heavy atom. The summed E-state index contributed by atoms with van der Waals surface area (Å²) in [4.78, 5) is 23.7. The van der Waals surface area contributed by atoms with E-state index >= 15 is 0 Å². The van der Waals surface area contributed by atoms with Crippen LogP contribution in [0.15, 0.2) is 16.5 Å². The number of nitrogens with one attached hydrogen (secondary N) is 1. The van der Waals surface area contributed by atoms with Gasteiger partial charge in [-0.3, -0.25) is 9.69 Å². The first-order valence-electron chi connectivity index (χ1n) is 5.82. The van der Waals surface area contributed by atoms with Crippen LogP contribution in [0.1, 0.15) is 22.7 Å². The Kier molecular flexibility index (Phi) is 3.99. The minimum Gasteiger partial charge on any atom is -0.457 e. The molecule has 1 aromatic rings. The normalized spacial score (nSPS) is 19.7. The maximum atomic E-state index is 11.1. The number of methoxy groups -OCH3 is 1. The molecule has 2 heterocycles. The average molecular weight is 252 g/mol. The highest BCUT2D eigenvalue weighted by molar-refractivity contribution is 5.70. The van der Waals surface area contributed by atoms with Gasteiger partial charge in [0.05, 0.1) is 13.7 Å². The van der Waals surface area contributed by atoms with Gasteiger partial charge in [-0.1, -0.05) is 0 Å². The van der Waals surface area contributed by atoms with Gasteiger partial charge in [0, 0.05) is 19.1 Å². The largest absolute Gasteiger partial charge is 0.457 e. The lowest BCUT2D eigenvalue weighted by Gasteiger charge is -2.14. The van der Waals surface area contributed by atoms with Gasteiger partial charge in [0.1, 0.15) is 5.76 Å². The number of alkyl carbamates (subject to hydrolysis) is 1. The van der Waals surface area contributed by atoms with Crippen molar-refractivity contribution in [1.29, 1.82) is 0 Å². The molecule has 1 atom stereocenters. The third-order valence-corrected chi connectivity index (χ3v) is 2.96. The summed E-state index contributed by atoms with van der Waals surface area (Å²) in [6.45, 7) is 2.28. The number of carbonyl (C=O) groups is 2. The van der Waals surface area contributed by atoms with Crippen molar-refractivity contribution in [2.75, 3.05) is 20.2 Å². The zero-order valence-corrected chi connectivity index (χ0v) is 10.2. The fourth-order valence-corrected chi connectivity index (χ4v) is 2.08. The molecule has 1 aliphatic rings. The third kappa shape index (κ3) is 3.10. The number of ether oxygens (including phenoxy) is 1. The van der Waals surface area contributed by atoms with Gasteiger partial charge >= 0.3 is 6.09 Å². The van der Waals surface area contributed by atoms with Gasteiger partial charge in [0.2, 0.25) is 0 Å². The lowest BCUT2D eigenvalue weighted by molar-refractivity contribution is 0.109. The molecule has 1 unspecified atom stereocenters. The van der Waals surface area contributed by atoms with Crippen LogP contribution in [0.5, 0.6) is 0 Å². The zero-order valence-electron chi connectivity index (χ0n) is 10.2. The molecule has 2 rings (SSSR count). The summed E-state index contributed by atoms with van der Waals surface area (Å²) in [5, 5.41) is 2.77. The summed E-state index contributed by atoms with van der Waals surface area (Å²) >= 11 is 0. The first-order valence-corrected chi connectivity index (χ1v) is 5.82. The van der Waals surface area contributed by atoms with Crippen LogP contribution in [0.3, 0.4) is 0 Å². The molecule has 6 nitrogen and oxygen atoms in total. The molecule has 0 aliphatic carbocycles. The molecule has 0 bridgehead atoms. The Labute approximate surface area is 105 Å². The molecule has 0 saturated carbocycles. The van der Waals surface area contributed by atoms with E-state index in [0.717, 1.165) is 25.3 Å². The van der Waals surface area contributed by atoms with E-state index in [9.17, 15) is 9.59 Å². The smallest absolute Gasteiger partial charge is 0.407 e. The molecule has 1 aliphatic heterocycles. The average Bonchev–Trinajstić information content (AvgIpc) is 2.99. The summed E-state index contributed by atoms with van der Waals surface area (Å²) in [5.74, 6) is 1.10. The molecule has 1 N–H and O–H groups in total. The summed E-state index contributed by atoms with van der Waals surface area (Å²) in [7, 11) is 1.35. The number of hydrogen-bond acceptors (Lipinski definition) is 5. The predicted molar refractivity (Wildman–Crippen MR) is 63.3 cm³/mol. The minimum absolute atomic E-state index is 0.109. The molecule has 1 amide bonds. The highest BCUT2D eigenvalue weighted by atomic mass is 16.5. The number of rotatable bonds is 4. The van der Waals surface area contributed by atoms with E-state index in [-0.39, 0.29) is 6.04 Å². The number of nitrogens with zero attached hydrogens (tertiary/aromatic N) is 1. The standard InChI is InChI=1S/C12H16N2O4/c1-17-12(16)13-9-4-5-14(6-9)7-10-2-3-11(8-15)18-10/h2-3,8-9H,4-7H2,1H3,(H,13,16). The second kappa shape index (κ2) is 5.68. The molecule has 0 radical (unpaired) electrons. The predicted octanol–water partition coefficient (Wildman–Crippen LogP) is 1.02. The highest BCUT2D eigenvalue weighted by Crippen LogP contribution is 2.15. The van der Waals surface area contributed by atoms with Gasteiger partial charge in [-0.05, 0) is 18.6 Å². The molecular formula is C12H16N2O4. The molecule has 0 aromatic carbocycles. The van der Waals surface area contributed by atoms with Crippen LogP contribution in [-0.2, 0) is 11.3 Å². The van der Waals surface area contributed by atoms with Crippen molar-refractivity contribution >= 4 is 12.4 Å².